The number of rotatable bonds is 7. The molecule has 46 heavy (non-hydrogen) atoms. The number of hydrogen-bond acceptors (Lipinski definition) is 9. The molecule has 0 aliphatic heterocycles. The average Bonchev–Trinajstić information content (AvgIpc) is 3.77. The van der Waals surface area contributed by atoms with Gasteiger partial charge in [-0.15, -0.1) is 0 Å². The van der Waals surface area contributed by atoms with Gasteiger partial charge in [-0.2, -0.15) is 0 Å². The van der Waals surface area contributed by atoms with E-state index < -0.39 is 0 Å². The Morgan fingerprint density at radius 2 is 1.33 bits per heavy atom. The molecule has 11 heteroatoms. The molecule has 10 nitrogen and oxygen atoms in total. The number of fused-ring (bicyclic) bond motifs is 2. The Morgan fingerprint density at radius 1 is 0.761 bits per heavy atom. The Morgan fingerprint density at radius 3 is 1.87 bits per heavy atom. The van der Waals surface area contributed by atoms with Gasteiger partial charge in [0, 0.05) is 60.1 Å². The second kappa shape index (κ2) is 13.7. The SMILES string of the molecule is Cc1cc(-c2cc3c(c(OCc4cocn4)c2)CC(=O)CC3)cn(C)c1=O.O=C1CCc2cc(Br)cc(OCc3cocn3)c2C1. The predicted molar refractivity (Wildman–Crippen MR) is 172 cm³/mol. The summed E-state index contributed by atoms with van der Waals surface area (Å²) in [6.45, 7) is 2.42. The van der Waals surface area contributed by atoms with E-state index in [2.05, 4.69) is 38.0 Å². The molecule has 0 saturated carbocycles. The van der Waals surface area contributed by atoms with Crippen LogP contribution in [0, 0.1) is 6.92 Å². The van der Waals surface area contributed by atoms with Crippen molar-refractivity contribution >= 4 is 27.5 Å². The summed E-state index contributed by atoms with van der Waals surface area (Å²) in [6.07, 6.45) is 11.1. The molecule has 3 aromatic heterocycles. The van der Waals surface area contributed by atoms with Crippen molar-refractivity contribution in [1.82, 2.24) is 14.5 Å². The van der Waals surface area contributed by atoms with Gasteiger partial charge < -0.3 is 22.9 Å². The molecule has 5 aromatic rings. The van der Waals surface area contributed by atoms with Crippen LogP contribution in [-0.4, -0.2) is 26.1 Å². The van der Waals surface area contributed by atoms with Crippen molar-refractivity contribution in [3.63, 3.8) is 0 Å². The Bertz CT molecular complexity index is 1920. The summed E-state index contributed by atoms with van der Waals surface area (Å²) < 4.78 is 24.2. The monoisotopic (exact) mass is 685 g/mol. The molecule has 0 spiro atoms. The van der Waals surface area contributed by atoms with Crippen LogP contribution in [0.15, 0.2) is 79.9 Å². The third-order valence-electron chi connectivity index (χ3n) is 8.08. The topological polar surface area (TPSA) is 127 Å². The fourth-order valence-electron chi connectivity index (χ4n) is 5.72. The van der Waals surface area contributed by atoms with Gasteiger partial charge in [-0.1, -0.05) is 22.0 Å². The number of oxazole rings is 2. The minimum atomic E-state index is -0.00943. The number of nitrogens with zero attached hydrogens (tertiary/aromatic N) is 3. The van der Waals surface area contributed by atoms with Crippen LogP contribution in [0.1, 0.15) is 52.0 Å². The number of hydrogen-bond donors (Lipinski definition) is 0. The number of ketones is 2. The van der Waals surface area contributed by atoms with Crippen LogP contribution < -0.4 is 15.0 Å². The standard InChI is InChI=1S/C21H20N2O4.C14H12BrNO3/c1-13-5-16(9-23(2)21(13)25)15-6-14-3-4-18(24)8-19(14)20(7-15)27-11-17-10-26-12-22-17;15-10-3-9-1-2-12(17)5-13(9)14(4-10)19-7-11-6-18-8-16-11/h5-7,9-10,12H,3-4,8,11H2,1-2H3;3-4,6,8H,1-2,5,7H2. The van der Waals surface area contributed by atoms with E-state index in [-0.39, 0.29) is 23.7 Å². The summed E-state index contributed by atoms with van der Waals surface area (Å²) >= 11 is 3.48. The first-order chi connectivity index (χ1) is 22.2. The van der Waals surface area contributed by atoms with Crippen LogP contribution in [0.4, 0.5) is 0 Å². The zero-order valence-electron chi connectivity index (χ0n) is 25.5. The molecule has 0 bridgehead atoms. The van der Waals surface area contributed by atoms with E-state index in [9.17, 15) is 14.4 Å². The van der Waals surface area contributed by atoms with Crippen molar-refractivity contribution in [2.75, 3.05) is 0 Å². The van der Waals surface area contributed by atoms with E-state index in [0.717, 1.165) is 50.2 Å². The molecule has 0 atom stereocenters. The molecule has 3 heterocycles. The Hall–Kier alpha value is -4.77. The van der Waals surface area contributed by atoms with E-state index in [4.69, 9.17) is 18.3 Å². The van der Waals surface area contributed by atoms with Crippen LogP contribution in [0.3, 0.4) is 0 Å². The largest absolute Gasteiger partial charge is 0.487 e. The lowest BCUT2D eigenvalue weighted by molar-refractivity contribution is -0.119. The van der Waals surface area contributed by atoms with Crippen LogP contribution in [0.2, 0.25) is 0 Å². The zero-order valence-corrected chi connectivity index (χ0v) is 27.1. The fraction of sp³-hybridized carbons (Fsp3) is 0.286. The maximum Gasteiger partial charge on any atom is 0.253 e. The highest BCUT2D eigenvalue weighted by molar-refractivity contribution is 9.10. The van der Waals surface area contributed by atoms with Crippen molar-refractivity contribution in [1.29, 1.82) is 0 Å². The van der Waals surface area contributed by atoms with Crippen LogP contribution >= 0.6 is 15.9 Å². The molecule has 236 valence electrons. The second-order valence-electron chi connectivity index (χ2n) is 11.4. The van der Waals surface area contributed by atoms with Gasteiger partial charge in [-0.3, -0.25) is 14.4 Å². The molecule has 7 rings (SSSR count). The fourth-order valence-corrected chi connectivity index (χ4v) is 6.20. The third kappa shape index (κ3) is 7.20. The van der Waals surface area contributed by atoms with E-state index >= 15 is 0 Å². The Balaban J connectivity index is 0.000000172. The first-order valence-corrected chi connectivity index (χ1v) is 15.7. The van der Waals surface area contributed by atoms with Crippen LogP contribution in [-0.2, 0) is 55.5 Å². The van der Waals surface area contributed by atoms with Crippen molar-refractivity contribution in [3.05, 3.63) is 116 Å². The van der Waals surface area contributed by atoms with Crippen molar-refractivity contribution < 1.29 is 27.9 Å². The number of Topliss-reactive ketones (excluding diaryl/α,β-unsaturated/α-hetero) is 2. The summed E-state index contributed by atoms with van der Waals surface area (Å²) in [5.74, 6) is 1.92. The lowest BCUT2D eigenvalue weighted by Crippen LogP contribution is -2.18. The number of aromatic nitrogens is 3. The molecule has 0 amide bonds. The number of carbonyl (C=O) groups excluding carboxylic acids is 2. The first-order valence-electron chi connectivity index (χ1n) is 14.9. The number of carbonyl (C=O) groups is 2. The summed E-state index contributed by atoms with van der Waals surface area (Å²) in [7, 11) is 1.75. The quantitative estimate of drug-likeness (QED) is 0.201. The summed E-state index contributed by atoms with van der Waals surface area (Å²) in [5.41, 5.74) is 8.27. The third-order valence-corrected chi connectivity index (χ3v) is 8.53. The average molecular weight is 687 g/mol. The molecule has 0 saturated heterocycles. The lowest BCUT2D eigenvalue weighted by atomic mass is 9.87. The molecule has 2 aliphatic rings. The molecule has 0 unspecified atom stereocenters. The van der Waals surface area contributed by atoms with E-state index in [1.54, 1.807) is 17.9 Å². The van der Waals surface area contributed by atoms with Gasteiger partial charge >= 0.3 is 0 Å². The van der Waals surface area contributed by atoms with Gasteiger partial charge in [-0.05, 0) is 66.3 Å². The summed E-state index contributed by atoms with van der Waals surface area (Å²) in [5, 5.41) is 0. The van der Waals surface area contributed by atoms with Crippen molar-refractivity contribution in [2.24, 2.45) is 7.05 Å². The molecule has 2 aromatic carbocycles. The summed E-state index contributed by atoms with van der Waals surface area (Å²) in [6, 6.07) is 9.89. The molecule has 0 radical (unpaired) electrons. The molecule has 0 N–H and O–H groups in total. The summed E-state index contributed by atoms with van der Waals surface area (Å²) in [4.78, 5) is 43.7. The zero-order chi connectivity index (χ0) is 32.2. The predicted octanol–water partition coefficient (Wildman–Crippen LogP) is 6.06. The van der Waals surface area contributed by atoms with Gasteiger partial charge in [0.2, 0.25) is 0 Å². The highest BCUT2D eigenvalue weighted by Gasteiger charge is 2.22. The van der Waals surface area contributed by atoms with Gasteiger partial charge in [-0.25, -0.2) is 9.97 Å². The molecular weight excluding hydrogens is 654 g/mol. The van der Waals surface area contributed by atoms with E-state index in [1.165, 1.54) is 24.6 Å². The highest BCUT2D eigenvalue weighted by atomic mass is 79.9. The highest BCUT2D eigenvalue weighted by Crippen LogP contribution is 2.35. The first kappa shape index (κ1) is 31.2. The Labute approximate surface area is 273 Å². The van der Waals surface area contributed by atoms with E-state index in [0.29, 0.717) is 55.7 Å². The van der Waals surface area contributed by atoms with Gasteiger partial charge in [0.05, 0.1) is 0 Å². The molecular formula is C35H32BrN3O7. The lowest BCUT2D eigenvalue weighted by Gasteiger charge is -2.21. The minimum absolute atomic E-state index is 0.00943. The van der Waals surface area contributed by atoms with Gasteiger partial charge in [0.15, 0.2) is 12.8 Å². The second-order valence-corrected chi connectivity index (χ2v) is 12.4. The number of aryl methyl sites for hydroxylation is 4. The molecule has 2 aliphatic carbocycles. The number of benzene rings is 2. The van der Waals surface area contributed by atoms with Crippen LogP contribution in [0.25, 0.3) is 11.1 Å². The molecule has 0 fully saturated rings. The minimum Gasteiger partial charge on any atom is -0.487 e. The maximum atomic E-state index is 12.0. The van der Waals surface area contributed by atoms with Gasteiger partial charge in [0.1, 0.15) is 60.2 Å². The van der Waals surface area contributed by atoms with Crippen molar-refractivity contribution in [3.8, 4) is 22.6 Å². The van der Waals surface area contributed by atoms with Gasteiger partial charge in [0.25, 0.3) is 5.56 Å². The Kier molecular flexibility index (Phi) is 9.30. The number of halogens is 1. The normalized spacial score (nSPS) is 13.8. The van der Waals surface area contributed by atoms with Crippen LogP contribution in [0.5, 0.6) is 11.5 Å². The van der Waals surface area contributed by atoms with E-state index in [1.807, 2.05) is 31.3 Å². The maximum absolute atomic E-state index is 12.0. The number of pyridine rings is 1. The number of ether oxygens (including phenoxy) is 2. The van der Waals surface area contributed by atoms with Crippen molar-refractivity contribution in [2.45, 2.75) is 58.7 Å². The smallest absolute Gasteiger partial charge is 0.253 e.